The lowest BCUT2D eigenvalue weighted by Gasteiger charge is -2.14. The third-order valence-corrected chi connectivity index (χ3v) is 2.01. The number of carboxylic acids is 1. The molecule has 7 N–H and O–H groups in total. The second-order valence-electron chi connectivity index (χ2n) is 3.40. The average molecular weight is 232 g/mol. The van der Waals surface area contributed by atoms with E-state index in [1.807, 2.05) is 0 Å². The minimum absolute atomic E-state index is 0.0469. The predicted molar refractivity (Wildman–Crippen MR) is 60.3 cm³/mol. The second kappa shape index (κ2) is 8.93. The van der Waals surface area contributed by atoms with Crippen molar-refractivity contribution in [1.82, 2.24) is 10.6 Å². The fraction of sp³-hybridized carbons (Fsp3) is 0.778. The number of aliphatic hydroxyl groups excluding tert-OH is 1. The Kier molecular flexibility index (Phi) is 8.18. The summed E-state index contributed by atoms with van der Waals surface area (Å²) in [6.07, 6.45) is 1.61. The van der Waals surface area contributed by atoms with E-state index in [1.54, 1.807) is 0 Å². The summed E-state index contributed by atoms with van der Waals surface area (Å²) < 4.78 is 0. The number of carbonyl (C=O) groups is 1. The van der Waals surface area contributed by atoms with Gasteiger partial charge in [-0.1, -0.05) is 0 Å². The van der Waals surface area contributed by atoms with Crippen LogP contribution in [-0.4, -0.2) is 47.9 Å². The van der Waals surface area contributed by atoms with Gasteiger partial charge in [-0.2, -0.15) is 0 Å². The third kappa shape index (κ3) is 8.01. The Labute approximate surface area is 94.5 Å². The van der Waals surface area contributed by atoms with Crippen molar-refractivity contribution in [2.45, 2.75) is 25.3 Å². The fourth-order valence-electron chi connectivity index (χ4n) is 1.20. The highest BCUT2D eigenvalue weighted by atomic mass is 16.4. The Bertz CT molecular complexity index is 223. The summed E-state index contributed by atoms with van der Waals surface area (Å²) in [6.45, 7) is 1.01. The molecule has 1 atom stereocenters. The lowest BCUT2D eigenvalue weighted by molar-refractivity contribution is -0.139. The Morgan fingerprint density at radius 1 is 1.38 bits per heavy atom. The number of carboxylic acid groups (broad SMARTS) is 1. The number of rotatable bonds is 9. The first-order valence-corrected chi connectivity index (χ1v) is 5.23. The number of hydrogen-bond donors (Lipinski definition) is 6. The average Bonchev–Trinajstić information content (AvgIpc) is 2.21. The van der Waals surface area contributed by atoms with Crippen molar-refractivity contribution >= 4 is 11.9 Å². The van der Waals surface area contributed by atoms with Crippen LogP contribution in [0.5, 0.6) is 0 Å². The zero-order valence-corrected chi connectivity index (χ0v) is 9.20. The normalized spacial score (nSPS) is 12.1. The lowest BCUT2D eigenvalue weighted by atomic mass is 10.1. The molecule has 0 aromatic heterocycles. The predicted octanol–water partition coefficient (Wildman–Crippen LogP) is -1.33. The highest BCUT2D eigenvalue weighted by Crippen LogP contribution is 1.97. The van der Waals surface area contributed by atoms with Crippen molar-refractivity contribution in [2.75, 3.05) is 19.7 Å². The van der Waals surface area contributed by atoms with Crippen LogP contribution in [-0.2, 0) is 4.79 Å². The van der Waals surface area contributed by atoms with Gasteiger partial charge in [-0.15, -0.1) is 0 Å². The van der Waals surface area contributed by atoms with Gasteiger partial charge in [0.2, 0.25) is 0 Å². The quantitative estimate of drug-likeness (QED) is 0.166. The van der Waals surface area contributed by atoms with E-state index in [1.165, 1.54) is 0 Å². The molecule has 0 aromatic rings. The van der Waals surface area contributed by atoms with Crippen molar-refractivity contribution in [1.29, 1.82) is 5.41 Å². The molecule has 7 nitrogen and oxygen atoms in total. The van der Waals surface area contributed by atoms with Gasteiger partial charge in [0.05, 0.1) is 0 Å². The number of guanidine groups is 1. The topological polar surface area (TPSA) is 131 Å². The molecule has 0 aliphatic heterocycles. The lowest BCUT2D eigenvalue weighted by Crippen LogP contribution is -2.38. The Hall–Kier alpha value is -1.34. The molecule has 0 bridgehead atoms. The first-order chi connectivity index (χ1) is 7.57. The molecule has 7 heteroatoms. The van der Waals surface area contributed by atoms with Crippen LogP contribution >= 0.6 is 0 Å². The molecule has 0 rings (SSSR count). The van der Waals surface area contributed by atoms with Crippen LogP contribution in [0.1, 0.15) is 19.3 Å². The number of hydrogen-bond acceptors (Lipinski definition) is 4. The molecule has 0 radical (unpaired) electrons. The summed E-state index contributed by atoms with van der Waals surface area (Å²) in [6, 6.07) is -0.611. The highest BCUT2D eigenvalue weighted by Gasteiger charge is 2.15. The first-order valence-electron chi connectivity index (χ1n) is 5.23. The van der Waals surface area contributed by atoms with Gasteiger partial charge in [0, 0.05) is 13.2 Å². The van der Waals surface area contributed by atoms with Crippen molar-refractivity contribution in [2.24, 2.45) is 5.73 Å². The monoisotopic (exact) mass is 232 g/mol. The van der Waals surface area contributed by atoms with Crippen molar-refractivity contribution in [3.63, 3.8) is 0 Å². The van der Waals surface area contributed by atoms with Gasteiger partial charge >= 0.3 is 5.97 Å². The molecule has 0 aromatic carbocycles. The molecule has 0 aliphatic carbocycles. The van der Waals surface area contributed by atoms with Crippen LogP contribution in [0.25, 0.3) is 0 Å². The first kappa shape index (κ1) is 14.7. The number of aliphatic carboxylic acids is 1. The molecule has 0 heterocycles. The van der Waals surface area contributed by atoms with Gasteiger partial charge in [0.25, 0.3) is 0 Å². The van der Waals surface area contributed by atoms with E-state index in [-0.39, 0.29) is 12.6 Å². The van der Waals surface area contributed by atoms with E-state index in [4.69, 9.17) is 21.4 Å². The van der Waals surface area contributed by atoms with E-state index < -0.39 is 12.0 Å². The Morgan fingerprint density at radius 3 is 2.56 bits per heavy atom. The zero-order chi connectivity index (χ0) is 12.4. The van der Waals surface area contributed by atoms with Gasteiger partial charge in [-0.25, -0.2) is 0 Å². The molecule has 0 fully saturated rings. The molecule has 0 spiro atoms. The van der Waals surface area contributed by atoms with Crippen LogP contribution in [0.4, 0.5) is 0 Å². The molecule has 94 valence electrons. The van der Waals surface area contributed by atoms with E-state index in [9.17, 15) is 4.79 Å². The minimum Gasteiger partial charge on any atom is -0.480 e. The SMILES string of the molecule is N=C(N)NCCCC(NCCCO)C(=O)O. The summed E-state index contributed by atoms with van der Waals surface area (Å²) >= 11 is 0. The van der Waals surface area contributed by atoms with Gasteiger partial charge in [-0.05, 0) is 25.8 Å². The summed E-state index contributed by atoms with van der Waals surface area (Å²) in [5.74, 6) is -1.01. The van der Waals surface area contributed by atoms with Crippen molar-refractivity contribution < 1.29 is 15.0 Å². The maximum absolute atomic E-state index is 10.8. The number of nitrogens with one attached hydrogen (secondary N) is 3. The van der Waals surface area contributed by atoms with Crippen molar-refractivity contribution in [3.05, 3.63) is 0 Å². The number of nitrogens with two attached hydrogens (primary N) is 1. The molecule has 1 unspecified atom stereocenters. The highest BCUT2D eigenvalue weighted by molar-refractivity contribution is 5.74. The Morgan fingerprint density at radius 2 is 2.06 bits per heavy atom. The Balaban J connectivity index is 3.68. The standard InChI is InChI=1S/C9H20N4O3/c10-9(11)13-4-1-3-7(8(15)16)12-5-2-6-14/h7,12,14H,1-6H2,(H,15,16)(H4,10,11,13). The van der Waals surface area contributed by atoms with E-state index >= 15 is 0 Å². The van der Waals surface area contributed by atoms with Crippen LogP contribution in [0.3, 0.4) is 0 Å². The van der Waals surface area contributed by atoms with Crippen LogP contribution < -0.4 is 16.4 Å². The van der Waals surface area contributed by atoms with Gasteiger partial charge < -0.3 is 26.6 Å². The molecule has 16 heavy (non-hydrogen) atoms. The second-order valence-corrected chi connectivity index (χ2v) is 3.40. The van der Waals surface area contributed by atoms with E-state index in [0.29, 0.717) is 32.4 Å². The smallest absolute Gasteiger partial charge is 0.320 e. The maximum atomic E-state index is 10.8. The molecule has 0 saturated carbocycles. The van der Waals surface area contributed by atoms with Gasteiger partial charge in [0.1, 0.15) is 6.04 Å². The largest absolute Gasteiger partial charge is 0.480 e. The molecular weight excluding hydrogens is 212 g/mol. The summed E-state index contributed by atoms with van der Waals surface area (Å²) in [5.41, 5.74) is 5.08. The minimum atomic E-state index is -0.902. The van der Waals surface area contributed by atoms with Crippen LogP contribution in [0.15, 0.2) is 0 Å². The van der Waals surface area contributed by atoms with Crippen LogP contribution in [0.2, 0.25) is 0 Å². The molecule has 0 saturated heterocycles. The van der Waals surface area contributed by atoms with E-state index in [2.05, 4.69) is 10.6 Å². The van der Waals surface area contributed by atoms with Crippen molar-refractivity contribution in [3.8, 4) is 0 Å². The summed E-state index contributed by atoms with van der Waals surface area (Å²) in [5, 5.41) is 29.8. The number of aliphatic hydroxyl groups is 1. The van der Waals surface area contributed by atoms with Gasteiger partial charge in [-0.3, -0.25) is 10.2 Å². The fourth-order valence-corrected chi connectivity index (χ4v) is 1.20. The molecule has 0 amide bonds. The summed E-state index contributed by atoms with van der Waals surface area (Å²) in [7, 11) is 0. The maximum Gasteiger partial charge on any atom is 0.320 e. The van der Waals surface area contributed by atoms with E-state index in [0.717, 1.165) is 0 Å². The molecule has 0 aliphatic rings. The van der Waals surface area contributed by atoms with Gasteiger partial charge in [0.15, 0.2) is 5.96 Å². The molecular formula is C9H20N4O3. The van der Waals surface area contributed by atoms with Crippen LogP contribution in [0, 0.1) is 5.41 Å². The third-order valence-electron chi connectivity index (χ3n) is 2.01. The zero-order valence-electron chi connectivity index (χ0n) is 9.20. The summed E-state index contributed by atoms with van der Waals surface area (Å²) in [4.78, 5) is 10.8.